The number of para-hydroxylation sites is 1. The molecule has 3 rings (SSSR count). The van der Waals surface area contributed by atoms with E-state index in [4.69, 9.17) is 4.99 Å². The van der Waals surface area contributed by atoms with Crippen molar-refractivity contribution in [3.05, 3.63) is 65.2 Å². The van der Waals surface area contributed by atoms with Crippen molar-refractivity contribution in [3.8, 4) is 0 Å². The second-order valence-corrected chi connectivity index (χ2v) is 8.10. The molecule has 5 heteroatoms. The van der Waals surface area contributed by atoms with Gasteiger partial charge in [0.15, 0.2) is 11.0 Å². The van der Waals surface area contributed by atoms with Crippen LogP contribution in [-0.4, -0.2) is 28.8 Å². The van der Waals surface area contributed by atoms with Crippen molar-refractivity contribution in [3.63, 3.8) is 0 Å². The van der Waals surface area contributed by atoms with Crippen LogP contribution in [0, 0.1) is 13.8 Å². The van der Waals surface area contributed by atoms with Gasteiger partial charge in [0, 0.05) is 17.0 Å². The molecule has 0 aromatic heterocycles. The highest BCUT2D eigenvalue weighted by Crippen LogP contribution is 2.31. The van der Waals surface area contributed by atoms with Gasteiger partial charge in [-0.2, -0.15) is 0 Å². The van der Waals surface area contributed by atoms with E-state index >= 15 is 0 Å². The Morgan fingerprint density at radius 1 is 1.15 bits per heavy atom. The minimum absolute atomic E-state index is 0. The van der Waals surface area contributed by atoms with Crippen molar-refractivity contribution >= 4 is 45.4 Å². The summed E-state index contributed by atoms with van der Waals surface area (Å²) in [5.74, 6) is 1.05. The predicted molar refractivity (Wildman–Crippen MR) is 118 cm³/mol. The minimum atomic E-state index is -0.0874. The molecule has 26 heavy (non-hydrogen) atoms. The number of rotatable bonds is 4. The topological polar surface area (TPSA) is 32.7 Å². The molecular weight excluding hydrogens is 408 g/mol. The van der Waals surface area contributed by atoms with Crippen LogP contribution >= 0.6 is 28.7 Å². The maximum absolute atomic E-state index is 13.0. The smallest absolute Gasteiger partial charge is 0.182 e. The Labute approximate surface area is 170 Å². The number of halogens is 1. The molecule has 0 saturated carbocycles. The molecule has 1 heterocycles. The van der Waals surface area contributed by atoms with Crippen LogP contribution in [0.4, 0.5) is 5.69 Å². The lowest BCUT2D eigenvalue weighted by atomic mass is 10.0. The Morgan fingerprint density at radius 3 is 2.42 bits per heavy atom. The maximum atomic E-state index is 13.0. The van der Waals surface area contributed by atoms with Gasteiger partial charge in [0.2, 0.25) is 0 Å². The molecule has 0 amide bonds. The van der Waals surface area contributed by atoms with Gasteiger partial charge in [-0.05, 0) is 45.4 Å². The van der Waals surface area contributed by atoms with Crippen LogP contribution in [0.15, 0.2) is 53.5 Å². The van der Waals surface area contributed by atoms with Gasteiger partial charge in [-0.1, -0.05) is 53.7 Å². The minimum Gasteiger partial charge on any atom is -0.313 e. The van der Waals surface area contributed by atoms with E-state index in [-0.39, 0.29) is 28.3 Å². The van der Waals surface area contributed by atoms with Crippen molar-refractivity contribution in [1.82, 2.24) is 0 Å². The van der Waals surface area contributed by atoms with Crippen LogP contribution in [0.1, 0.15) is 35.3 Å². The summed E-state index contributed by atoms with van der Waals surface area (Å²) < 4.78 is 0. The monoisotopic (exact) mass is 432 g/mol. The number of ketones is 1. The summed E-state index contributed by atoms with van der Waals surface area (Å²) in [6, 6.07) is 16.0. The summed E-state index contributed by atoms with van der Waals surface area (Å²) in [7, 11) is 0. The molecule has 0 bridgehead atoms. The van der Waals surface area contributed by atoms with Crippen LogP contribution in [0.2, 0.25) is 0 Å². The van der Waals surface area contributed by atoms with Gasteiger partial charge in [-0.25, -0.2) is 0 Å². The van der Waals surface area contributed by atoms with Crippen molar-refractivity contribution in [2.45, 2.75) is 33.2 Å². The van der Waals surface area contributed by atoms with Crippen molar-refractivity contribution in [1.29, 1.82) is 0 Å². The zero-order valence-electron chi connectivity index (χ0n) is 15.7. The normalized spacial score (nSPS) is 15.2. The van der Waals surface area contributed by atoms with Crippen molar-refractivity contribution in [2.75, 3.05) is 17.2 Å². The zero-order chi connectivity index (χ0) is 18.0. The third-order valence-corrected chi connectivity index (χ3v) is 5.66. The Kier molecular flexibility index (Phi) is 6.69. The third kappa shape index (κ3) is 4.77. The quantitative estimate of drug-likeness (QED) is 0.601. The number of nitrogens with zero attached hydrogens (tertiary/aromatic N) is 2. The Balaban J connectivity index is 0.00000243. The number of carbonyl (C=O) groups is 1. The van der Waals surface area contributed by atoms with E-state index in [1.54, 1.807) is 11.8 Å². The van der Waals surface area contributed by atoms with Crippen LogP contribution in [0.5, 0.6) is 0 Å². The third-order valence-electron chi connectivity index (χ3n) is 4.24. The Morgan fingerprint density at radius 2 is 1.85 bits per heavy atom. The summed E-state index contributed by atoms with van der Waals surface area (Å²) in [6.45, 7) is 8.60. The van der Waals surface area contributed by atoms with Gasteiger partial charge in [-0.15, -0.1) is 17.0 Å². The highest BCUT2D eigenvalue weighted by molar-refractivity contribution is 8.93. The summed E-state index contributed by atoms with van der Waals surface area (Å²) in [5, 5.41) is 0.925. The van der Waals surface area contributed by atoms with Gasteiger partial charge in [0.25, 0.3) is 0 Å². The van der Waals surface area contributed by atoms with E-state index in [0.29, 0.717) is 6.54 Å². The second kappa shape index (κ2) is 8.40. The number of aryl methyl sites for hydroxylation is 2. The molecule has 0 aliphatic carbocycles. The molecule has 0 atom stereocenters. The first kappa shape index (κ1) is 20.7. The summed E-state index contributed by atoms with van der Waals surface area (Å²) in [4.78, 5) is 19.8. The fraction of sp³-hybridized carbons (Fsp3) is 0.333. The van der Waals surface area contributed by atoms with Gasteiger partial charge in [0.1, 0.15) is 0 Å². The Hall–Kier alpha value is -1.59. The average molecular weight is 433 g/mol. The van der Waals surface area contributed by atoms with Gasteiger partial charge < -0.3 is 4.90 Å². The molecule has 138 valence electrons. The number of anilines is 1. The summed E-state index contributed by atoms with van der Waals surface area (Å²) in [5.41, 5.74) is 3.90. The van der Waals surface area contributed by atoms with Gasteiger partial charge in [-0.3, -0.25) is 9.79 Å². The molecule has 1 aliphatic rings. The molecule has 1 aliphatic heterocycles. The molecule has 3 nitrogen and oxygen atoms in total. The highest BCUT2D eigenvalue weighted by Gasteiger charge is 2.30. The van der Waals surface area contributed by atoms with Gasteiger partial charge in [0.05, 0.1) is 12.1 Å². The van der Waals surface area contributed by atoms with E-state index in [9.17, 15) is 4.79 Å². The largest absolute Gasteiger partial charge is 0.313 e. The standard InChI is InChI=1S/C21H24N2OS.BrH/c1-15-10-11-18(16(2)12-15)19(24)13-23(17-8-6-5-7-9-17)20-22-21(3,4)14-25-20;/h5-12H,13-14H2,1-4H3;1H. The number of benzene rings is 2. The average Bonchev–Trinajstić information content (AvgIpc) is 2.93. The fourth-order valence-electron chi connectivity index (χ4n) is 2.94. The second-order valence-electron chi connectivity index (χ2n) is 7.16. The first-order chi connectivity index (χ1) is 11.9. The van der Waals surface area contributed by atoms with E-state index in [1.807, 2.05) is 61.2 Å². The number of carbonyl (C=O) groups excluding carboxylic acids is 1. The molecule has 0 saturated heterocycles. The van der Waals surface area contributed by atoms with E-state index in [2.05, 4.69) is 19.9 Å². The van der Waals surface area contributed by atoms with E-state index < -0.39 is 0 Å². The lowest BCUT2D eigenvalue weighted by Gasteiger charge is -2.24. The summed E-state index contributed by atoms with van der Waals surface area (Å²) >= 11 is 1.72. The number of aliphatic imine (C=N–C) groups is 1. The Bertz CT molecular complexity index is 818. The number of hydrogen-bond acceptors (Lipinski definition) is 4. The molecule has 2 aromatic carbocycles. The summed E-state index contributed by atoms with van der Waals surface area (Å²) in [6.07, 6.45) is 0. The number of Topliss-reactive ketones (excluding diaryl/α,β-unsaturated/α-hetero) is 1. The molecule has 0 unspecified atom stereocenters. The van der Waals surface area contributed by atoms with Crippen LogP contribution in [-0.2, 0) is 0 Å². The zero-order valence-corrected chi connectivity index (χ0v) is 18.2. The molecule has 0 radical (unpaired) electrons. The number of hydrogen-bond donors (Lipinski definition) is 0. The molecule has 0 fully saturated rings. The van der Waals surface area contributed by atoms with Crippen LogP contribution < -0.4 is 4.90 Å². The van der Waals surface area contributed by atoms with Crippen LogP contribution in [0.3, 0.4) is 0 Å². The molecule has 0 N–H and O–H groups in total. The molecule has 2 aromatic rings. The molecular formula is C21H25BrN2OS. The SMILES string of the molecule is Br.Cc1ccc(C(=O)CN(C2=NC(C)(C)CS2)c2ccccc2)c(C)c1. The lowest BCUT2D eigenvalue weighted by Crippen LogP contribution is -2.34. The van der Waals surface area contributed by atoms with Crippen molar-refractivity contribution < 1.29 is 4.79 Å². The van der Waals surface area contributed by atoms with Gasteiger partial charge >= 0.3 is 0 Å². The predicted octanol–water partition coefficient (Wildman–Crippen LogP) is 5.45. The first-order valence-electron chi connectivity index (χ1n) is 8.51. The van der Waals surface area contributed by atoms with E-state index in [0.717, 1.165) is 27.7 Å². The first-order valence-corrected chi connectivity index (χ1v) is 9.50. The molecule has 0 spiro atoms. The van der Waals surface area contributed by atoms with Crippen molar-refractivity contribution in [2.24, 2.45) is 4.99 Å². The number of thioether (sulfide) groups is 1. The highest BCUT2D eigenvalue weighted by atomic mass is 79.9. The van der Waals surface area contributed by atoms with Crippen LogP contribution in [0.25, 0.3) is 0 Å². The maximum Gasteiger partial charge on any atom is 0.182 e. The number of amidine groups is 1. The lowest BCUT2D eigenvalue weighted by molar-refractivity contribution is 0.100. The fourth-order valence-corrected chi connectivity index (χ4v) is 4.12. The van der Waals surface area contributed by atoms with E-state index in [1.165, 1.54) is 5.56 Å².